The maximum absolute atomic E-state index is 14.6. The molecule has 0 spiro atoms. The van der Waals surface area contributed by atoms with Gasteiger partial charge in [0.1, 0.15) is 29.8 Å². The van der Waals surface area contributed by atoms with E-state index in [1.807, 2.05) is 13.8 Å². The number of anilines is 1. The molecular weight excluding hydrogens is 449 g/mol. The predicted octanol–water partition coefficient (Wildman–Crippen LogP) is 5.25. The molecule has 1 aliphatic heterocycles. The first-order valence-corrected chi connectivity index (χ1v) is 11.7. The Balaban J connectivity index is 1.29. The highest BCUT2D eigenvalue weighted by Crippen LogP contribution is 2.27. The lowest BCUT2D eigenvalue weighted by Gasteiger charge is -2.11. The minimum atomic E-state index is -0.517. The van der Waals surface area contributed by atoms with Gasteiger partial charge in [0.05, 0.1) is 16.9 Å². The fourth-order valence-electron chi connectivity index (χ4n) is 4.22. The van der Waals surface area contributed by atoms with Crippen LogP contribution < -0.4 is 10.1 Å². The summed E-state index contributed by atoms with van der Waals surface area (Å²) in [5.41, 5.74) is 2.87. The SMILES string of the molecule is Cc1noc(C)c1COc1ccc(C(=O)Nc2cc(-c3nnc4n3CCCCC4)ccc2F)cc1. The normalized spacial score (nSPS) is 13.2. The molecule has 0 atom stereocenters. The van der Waals surface area contributed by atoms with Crippen molar-refractivity contribution in [2.45, 2.75) is 52.7 Å². The van der Waals surface area contributed by atoms with E-state index in [2.05, 4.69) is 25.2 Å². The number of fused-ring (bicyclic) bond motifs is 1. The van der Waals surface area contributed by atoms with Gasteiger partial charge >= 0.3 is 0 Å². The summed E-state index contributed by atoms with van der Waals surface area (Å²) in [7, 11) is 0. The second-order valence-corrected chi connectivity index (χ2v) is 8.67. The Morgan fingerprint density at radius 1 is 1.11 bits per heavy atom. The first-order chi connectivity index (χ1) is 17.0. The van der Waals surface area contributed by atoms with E-state index in [0.717, 1.165) is 49.3 Å². The van der Waals surface area contributed by atoms with E-state index in [1.54, 1.807) is 36.4 Å². The van der Waals surface area contributed by atoms with Crippen LogP contribution in [0.25, 0.3) is 11.4 Å². The van der Waals surface area contributed by atoms with Gasteiger partial charge in [-0.05, 0) is 69.2 Å². The molecule has 0 aliphatic carbocycles. The van der Waals surface area contributed by atoms with Gasteiger partial charge < -0.3 is 19.1 Å². The Kier molecular flexibility index (Phi) is 6.31. The number of benzene rings is 2. The van der Waals surface area contributed by atoms with E-state index in [4.69, 9.17) is 9.26 Å². The molecule has 0 saturated heterocycles. The van der Waals surface area contributed by atoms with Crippen LogP contribution in [0.2, 0.25) is 0 Å². The van der Waals surface area contributed by atoms with E-state index in [-0.39, 0.29) is 5.69 Å². The van der Waals surface area contributed by atoms with Crippen molar-refractivity contribution >= 4 is 11.6 Å². The number of nitrogens with one attached hydrogen (secondary N) is 1. The number of carbonyl (C=O) groups excluding carboxylic acids is 1. The molecule has 1 N–H and O–H groups in total. The molecule has 180 valence electrons. The highest BCUT2D eigenvalue weighted by Gasteiger charge is 2.18. The lowest BCUT2D eigenvalue weighted by molar-refractivity contribution is 0.102. The highest BCUT2D eigenvalue weighted by atomic mass is 19.1. The molecule has 0 saturated carbocycles. The van der Waals surface area contributed by atoms with Crippen LogP contribution in [-0.4, -0.2) is 25.8 Å². The molecule has 2 aromatic heterocycles. The molecule has 8 nitrogen and oxygen atoms in total. The lowest BCUT2D eigenvalue weighted by atomic mass is 10.1. The largest absolute Gasteiger partial charge is 0.489 e. The van der Waals surface area contributed by atoms with E-state index >= 15 is 0 Å². The first kappa shape index (κ1) is 22.8. The van der Waals surface area contributed by atoms with Gasteiger partial charge in [-0.2, -0.15) is 0 Å². The third-order valence-electron chi connectivity index (χ3n) is 6.26. The molecule has 35 heavy (non-hydrogen) atoms. The van der Waals surface area contributed by atoms with Gasteiger partial charge in [0.2, 0.25) is 0 Å². The van der Waals surface area contributed by atoms with Crippen molar-refractivity contribution < 1.29 is 18.4 Å². The zero-order chi connectivity index (χ0) is 24.4. The van der Waals surface area contributed by atoms with E-state index in [1.165, 1.54) is 6.07 Å². The van der Waals surface area contributed by atoms with Crippen LogP contribution in [0.1, 0.15) is 52.5 Å². The van der Waals surface area contributed by atoms with Crippen LogP contribution in [-0.2, 0) is 19.6 Å². The maximum atomic E-state index is 14.6. The standard InChI is InChI=1S/C26H26FN5O3/c1-16-21(17(2)35-31-16)15-34-20-10-7-18(8-11-20)26(33)28-23-14-19(9-12-22(23)27)25-30-29-24-6-4-3-5-13-32(24)25/h7-12,14H,3-6,13,15H2,1-2H3,(H,28,33). The number of nitrogens with zero attached hydrogens (tertiary/aromatic N) is 4. The Morgan fingerprint density at radius 2 is 1.94 bits per heavy atom. The van der Waals surface area contributed by atoms with Crippen molar-refractivity contribution in [2.75, 3.05) is 5.32 Å². The van der Waals surface area contributed by atoms with Crippen LogP contribution in [0.4, 0.5) is 10.1 Å². The maximum Gasteiger partial charge on any atom is 0.255 e. The summed E-state index contributed by atoms with van der Waals surface area (Å²) in [6, 6.07) is 11.3. The highest BCUT2D eigenvalue weighted by molar-refractivity contribution is 6.04. The first-order valence-electron chi connectivity index (χ1n) is 11.7. The fraction of sp³-hybridized carbons (Fsp3) is 0.308. The summed E-state index contributed by atoms with van der Waals surface area (Å²) in [4.78, 5) is 12.8. The monoisotopic (exact) mass is 475 g/mol. The average molecular weight is 476 g/mol. The van der Waals surface area contributed by atoms with Crippen LogP contribution in [0.15, 0.2) is 47.0 Å². The summed E-state index contributed by atoms with van der Waals surface area (Å²) in [5.74, 6) is 2.02. The molecule has 1 aliphatic rings. The third kappa shape index (κ3) is 4.80. The van der Waals surface area contributed by atoms with Gasteiger partial charge in [0, 0.05) is 24.1 Å². The van der Waals surface area contributed by atoms with Gasteiger partial charge in [-0.25, -0.2) is 4.39 Å². The molecule has 1 amide bonds. The fourth-order valence-corrected chi connectivity index (χ4v) is 4.22. The zero-order valence-electron chi connectivity index (χ0n) is 19.7. The summed E-state index contributed by atoms with van der Waals surface area (Å²) in [6.45, 7) is 4.84. The molecule has 0 unspecified atom stereocenters. The third-order valence-corrected chi connectivity index (χ3v) is 6.26. The number of rotatable bonds is 6. The van der Waals surface area contributed by atoms with Crippen LogP contribution in [0, 0.1) is 19.7 Å². The molecule has 4 aromatic rings. The van der Waals surface area contributed by atoms with Gasteiger partial charge in [-0.3, -0.25) is 4.79 Å². The Morgan fingerprint density at radius 3 is 2.71 bits per heavy atom. The van der Waals surface area contributed by atoms with E-state index < -0.39 is 11.7 Å². The topological polar surface area (TPSA) is 95.1 Å². The molecule has 3 heterocycles. The number of aromatic nitrogens is 4. The number of hydrogen-bond donors (Lipinski definition) is 1. The number of ether oxygens (including phenoxy) is 1. The summed E-state index contributed by atoms with van der Waals surface area (Å²) >= 11 is 0. The predicted molar refractivity (Wildman–Crippen MR) is 128 cm³/mol. The molecule has 5 rings (SSSR count). The van der Waals surface area contributed by atoms with Crippen LogP contribution in [0.3, 0.4) is 0 Å². The van der Waals surface area contributed by atoms with Crippen molar-refractivity contribution in [1.82, 2.24) is 19.9 Å². The molecule has 0 fully saturated rings. The minimum Gasteiger partial charge on any atom is -0.489 e. The van der Waals surface area contributed by atoms with E-state index in [9.17, 15) is 9.18 Å². The zero-order valence-corrected chi connectivity index (χ0v) is 19.7. The second-order valence-electron chi connectivity index (χ2n) is 8.67. The van der Waals surface area contributed by atoms with Gasteiger partial charge in [0.15, 0.2) is 5.82 Å². The van der Waals surface area contributed by atoms with Crippen molar-refractivity contribution in [3.63, 3.8) is 0 Å². The van der Waals surface area contributed by atoms with Crippen LogP contribution >= 0.6 is 0 Å². The van der Waals surface area contributed by atoms with Gasteiger partial charge in [-0.15, -0.1) is 10.2 Å². The number of halogens is 1. The summed E-state index contributed by atoms with van der Waals surface area (Å²) in [6.07, 6.45) is 4.18. The smallest absolute Gasteiger partial charge is 0.255 e. The number of amides is 1. The second kappa shape index (κ2) is 9.69. The van der Waals surface area contributed by atoms with Gasteiger partial charge in [0.25, 0.3) is 5.91 Å². The van der Waals surface area contributed by atoms with Crippen molar-refractivity contribution in [2.24, 2.45) is 0 Å². The molecular formula is C26H26FN5O3. The molecule has 9 heteroatoms. The number of hydrogen-bond acceptors (Lipinski definition) is 6. The molecule has 0 radical (unpaired) electrons. The summed E-state index contributed by atoms with van der Waals surface area (Å²) in [5, 5.41) is 15.2. The average Bonchev–Trinajstić information content (AvgIpc) is 3.32. The summed E-state index contributed by atoms with van der Waals surface area (Å²) < 4.78 is 27.6. The number of carbonyl (C=O) groups is 1. The minimum absolute atomic E-state index is 0.0946. The Labute approximate surface area is 202 Å². The Bertz CT molecular complexity index is 1340. The van der Waals surface area contributed by atoms with Crippen molar-refractivity contribution in [3.05, 3.63) is 76.7 Å². The lowest BCUT2D eigenvalue weighted by Crippen LogP contribution is -2.13. The molecule has 2 aromatic carbocycles. The number of aryl methyl sites for hydroxylation is 3. The quantitative estimate of drug-likeness (QED) is 0.409. The van der Waals surface area contributed by atoms with Crippen molar-refractivity contribution in [3.8, 4) is 17.1 Å². The van der Waals surface area contributed by atoms with Crippen LogP contribution in [0.5, 0.6) is 5.75 Å². The Hall–Kier alpha value is -4.01. The van der Waals surface area contributed by atoms with Crippen molar-refractivity contribution in [1.29, 1.82) is 0 Å². The van der Waals surface area contributed by atoms with Gasteiger partial charge in [-0.1, -0.05) is 11.6 Å². The molecule has 0 bridgehead atoms. The van der Waals surface area contributed by atoms with E-state index in [0.29, 0.717) is 35.1 Å².